The highest BCUT2D eigenvalue weighted by molar-refractivity contribution is 5.40. The third kappa shape index (κ3) is 4.30. The second-order valence-electron chi connectivity index (χ2n) is 5.31. The molecule has 0 bridgehead atoms. The summed E-state index contributed by atoms with van der Waals surface area (Å²) >= 11 is 0. The Balaban J connectivity index is 2.02. The third-order valence-electron chi connectivity index (χ3n) is 3.62. The van der Waals surface area contributed by atoms with E-state index in [1.165, 1.54) is 17.7 Å². The van der Waals surface area contributed by atoms with E-state index in [2.05, 4.69) is 12.2 Å². The van der Waals surface area contributed by atoms with Gasteiger partial charge < -0.3 is 11.1 Å². The summed E-state index contributed by atoms with van der Waals surface area (Å²) in [6.07, 6.45) is 2.10. The quantitative estimate of drug-likeness (QED) is 0.463. The molecule has 3 N–H and O–H groups in total. The number of nitrogens with one attached hydrogen (secondary N) is 1. The van der Waals surface area contributed by atoms with Crippen molar-refractivity contribution < 1.29 is 4.92 Å². The van der Waals surface area contributed by atoms with E-state index in [1.807, 2.05) is 24.3 Å². The molecule has 0 spiro atoms. The van der Waals surface area contributed by atoms with Gasteiger partial charge in [-0.2, -0.15) is 0 Å². The van der Waals surface area contributed by atoms with Crippen LogP contribution in [0.4, 0.5) is 11.4 Å². The fourth-order valence-electron chi connectivity index (χ4n) is 2.38. The van der Waals surface area contributed by atoms with Gasteiger partial charge >= 0.3 is 0 Å². The molecule has 22 heavy (non-hydrogen) atoms. The number of non-ortho nitro benzene ring substituents is 1. The van der Waals surface area contributed by atoms with E-state index in [-0.39, 0.29) is 16.7 Å². The smallest absolute Gasteiger partial charge is 0.269 e. The first-order valence-corrected chi connectivity index (χ1v) is 7.42. The van der Waals surface area contributed by atoms with Crippen LogP contribution in [-0.4, -0.2) is 4.92 Å². The maximum absolute atomic E-state index is 10.7. The van der Waals surface area contributed by atoms with E-state index in [0.717, 1.165) is 24.1 Å². The summed E-state index contributed by atoms with van der Waals surface area (Å²) in [6, 6.07) is 14.8. The molecule has 0 aliphatic carbocycles. The molecule has 0 fully saturated rings. The Morgan fingerprint density at radius 3 is 2.32 bits per heavy atom. The van der Waals surface area contributed by atoms with Gasteiger partial charge in [-0.3, -0.25) is 10.1 Å². The number of nitrogen functional groups attached to an aromatic ring is 1. The minimum Gasteiger partial charge on any atom is -0.399 e. The SMILES string of the molecule is CCCC(NCc1ccc([N+](=O)[O-])cc1)c1ccc(N)cc1. The summed E-state index contributed by atoms with van der Waals surface area (Å²) in [6.45, 7) is 2.82. The Kier molecular flexibility index (Phi) is 5.49. The normalized spacial score (nSPS) is 12.0. The zero-order chi connectivity index (χ0) is 15.9. The van der Waals surface area contributed by atoms with E-state index in [1.54, 1.807) is 12.1 Å². The van der Waals surface area contributed by atoms with Crippen molar-refractivity contribution in [2.24, 2.45) is 0 Å². The number of nitro groups is 1. The molecule has 0 aliphatic heterocycles. The summed E-state index contributed by atoms with van der Waals surface area (Å²) in [7, 11) is 0. The van der Waals surface area contributed by atoms with Crippen LogP contribution in [0.2, 0.25) is 0 Å². The molecule has 0 amide bonds. The highest BCUT2D eigenvalue weighted by Gasteiger charge is 2.10. The molecule has 2 aromatic rings. The molecular weight excluding hydrogens is 278 g/mol. The van der Waals surface area contributed by atoms with E-state index >= 15 is 0 Å². The Morgan fingerprint density at radius 2 is 1.77 bits per heavy atom. The monoisotopic (exact) mass is 299 g/mol. The van der Waals surface area contributed by atoms with Crippen LogP contribution in [0, 0.1) is 10.1 Å². The lowest BCUT2D eigenvalue weighted by Gasteiger charge is -2.19. The molecule has 0 heterocycles. The first-order valence-electron chi connectivity index (χ1n) is 7.42. The predicted octanol–water partition coefficient (Wildman–Crippen LogP) is 3.81. The van der Waals surface area contributed by atoms with Gasteiger partial charge in [-0.05, 0) is 29.7 Å². The largest absolute Gasteiger partial charge is 0.399 e. The number of benzene rings is 2. The summed E-state index contributed by atoms with van der Waals surface area (Å²) in [5.74, 6) is 0. The van der Waals surface area contributed by atoms with E-state index < -0.39 is 0 Å². The van der Waals surface area contributed by atoms with Crippen molar-refractivity contribution in [3.8, 4) is 0 Å². The van der Waals surface area contributed by atoms with Crippen LogP contribution < -0.4 is 11.1 Å². The predicted molar refractivity (Wildman–Crippen MR) is 88.4 cm³/mol. The molecule has 0 radical (unpaired) electrons. The van der Waals surface area contributed by atoms with Gasteiger partial charge in [0.25, 0.3) is 5.69 Å². The molecule has 2 rings (SSSR count). The van der Waals surface area contributed by atoms with Crippen molar-refractivity contribution >= 4 is 11.4 Å². The number of anilines is 1. The second-order valence-corrected chi connectivity index (χ2v) is 5.31. The molecule has 1 unspecified atom stereocenters. The summed E-state index contributed by atoms with van der Waals surface area (Å²) in [5.41, 5.74) is 8.84. The first-order chi connectivity index (χ1) is 10.6. The Hall–Kier alpha value is -2.40. The first kappa shape index (κ1) is 16.0. The number of hydrogen-bond donors (Lipinski definition) is 2. The topological polar surface area (TPSA) is 81.2 Å². The van der Waals surface area contributed by atoms with E-state index in [4.69, 9.17) is 5.73 Å². The van der Waals surface area contributed by atoms with Crippen LogP contribution >= 0.6 is 0 Å². The van der Waals surface area contributed by atoms with Crippen LogP contribution in [0.1, 0.15) is 36.9 Å². The maximum atomic E-state index is 10.7. The van der Waals surface area contributed by atoms with Gasteiger partial charge in [0.15, 0.2) is 0 Å². The lowest BCUT2D eigenvalue weighted by atomic mass is 10.0. The van der Waals surface area contributed by atoms with Gasteiger partial charge in [0.2, 0.25) is 0 Å². The van der Waals surface area contributed by atoms with Crippen LogP contribution in [0.3, 0.4) is 0 Å². The molecule has 5 nitrogen and oxygen atoms in total. The van der Waals surface area contributed by atoms with Gasteiger partial charge in [-0.15, -0.1) is 0 Å². The molecular formula is C17H21N3O2. The number of rotatable bonds is 7. The van der Waals surface area contributed by atoms with Gasteiger partial charge in [0, 0.05) is 30.4 Å². The second kappa shape index (κ2) is 7.56. The highest BCUT2D eigenvalue weighted by Crippen LogP contribution is 2.21. The number of hydrogen-bond acceptors (Lipinski definition) is 4. The van der Waals surface area contributed by atoms with E-state index in [0.29, 0.717) is 6.54 Å². The van der Waals surface area contributed by atoms with Crippen molar-refractivity contribution in [3.05, 3.63) is 69.8 Å². The van der Waals surface area contributed by atoms with Gasteiger partial charge in [0.05, 0.1) is 4.92 Å². The van der Waals surface area contributed by atoms with Crippen LogP contribution in [0.15, 0.2) is 48.5 Å². The molecule has 2 aromatic carbocycles. The van der Waals surface area contributed by atoms with Crippen molar-refractivity contribution in [1.29, 1.82) is 0 Å². The standard InChI is InChI=1S/C17H21N3O2/c1-2-3-17(14-6-8-15(18)9-7-14)19-12-13-4-10-16(11-5-13)20(21)22/h4-11,17,19H,2-3,12,18H2,1H3. The minimum atomic E-state index is -0.383. The molecule has 1 atom stereocenters. The van der Waals surface area contributed by atoms with Gasteiger partial charge in [-0.25, -0.2) is 0 Å². The van der Waals surface area contributed by atoms with Crippen molar-refractivity contribution in [2.45, 2.75) is 32.4 Å². The van der Waals surface area contributed by atoms with Crippen molar-refractivity contribution in [2.75, 3.05) is 5.73 Å². The molecule has 116 valence electrons. The van der Waals surface area contributed by atoms with E-state index in [9.17, 15) is 10.1 Å². The lowest BCUT2D eigenvalue weighted by Crippen LogP contribution is -2.20. The average Bonchev–Trinajstić information content (AvgIpc) is 2.53. The summed E-state index contributed by atoms with van der Waals surface area (Å²) < 4.78 is 0. The maximum Gasteiger partial charge on any atom is 0.269 e. The van der Waals surface area contributed by atoms with Gasteiger partial charge in [0.1, 0.15) is 0 Å². The number of nitrogens with zero attached hydrogens (tertiary/aromatic N) is 1. The summed E-state index contributed by atoms with van der Waals surface area (Å²) in [4.78, 5) is 10.3. The highest BCUT2D eigenvalue weighted by atomic mass is 16.6. The summed E-state index contributed by atoms with van der Waals surface area (Å²) in [5, 5.41) is 14.2. The van der Waals surface area contributed by atoms with Crippen molar-refractivity contribution in [1.82, 2.24) is 5.32 Å². The molecule has 0 aliphatic rings. The Labute approximate surface area is 130 Å². The number of nitro benzene ring substituents is 1. The molecule has 5 heteroatoms. The third-order valence-corrected chi connectivity index (χ3v) is 3.62. The van der Waals surface area contributed by atoms with Crippen LogP contribution in [0.25, 0.3) is 0 Å². The molecule has 0 aromatic heterocycles. The fourth-order valence-corrected chi connectivity index (χ4v) is 2.38. The zero-order valence-corrected chi connectivity index (χ0v) is 12.7. The van der Waals surface area contributed by atoms with Gasteiger partial charge in [-0.1, -0.05) is 37.6 Å². The van der Waals surface area contributed by atoms with Crippen LogP contribution in [-0.2, 0) is 6.54 Å². The fraction of sp³-hybridized carbons (Fsp3) is 0.294. The lowest BCUT2D eigenvalue weighted by molar-refractivity contribution is -0.384. The zero-order valence-electron chi connectivity index (χ0n) is 12.7. The van der Waals surface area contributed by atoms with Crippen molar-refractivity contribution in [3.63, 3.8) is 0 Å². The minimum absolute atomic E-state index is 0.118. The molecule has 0 saturated carbocycles. The molecule has 0 saturated heterocycles. The average molecular weight is 299 g/mol. The van der Waals surface area contributed by atoms with Crippen LogP contribution in [0.5, 0.6) is 0 Å². The Bertz CT molecular complexity index is 609. The number of nitrogens with two attached hydrogens (primary N) is 1. The Morgan fingerprint density at radius 1 is 1.14 bits per heavy atom.